The van der Waals surface area contributed by atoms with E-state index in [9.17, 15) is 9.90 Å². The molecule has 2 unspecified atom stereocenters. The zero-order chi connectivity index (χ0) is 16.9. The summed E-state index contributed by atoms with van der Waals surface area (Å²) >= 11 is 0. The van der Waals surface area contributed by atoms with Crippen molar-refractivity contribution in [2.24, 2.45) is 0 Å². The van der Waals surface area contributed by atoms with Crippen molar-refractivity contribution in [1.82, 2.24) is 15.5 Å². The molecule has 2 aromatic carbocycles. The lowest BCUT2D eigenvalue weighted by Gasteiger charge is -2.19. The average molecular weight is 323 g/mol. The average Bonchev–Trinajstić information content (AvgIpc) is 3.07. The number of benzene rings is 2. The van der Waals surface area contributed by atoms with E-state index in [0.717, 1.165) is 16.5 Å². The molecule has 0 aliphatic heterocycles. The van der Waals surface area contributed by atoms with E-state index in [1.807, 2.05) is 42.5 Å². The molecule has 0 saturated carbocycles. The first-order valence-corrected chi connectivity index (χ1v) is 8.08. The van der Waals surface area contributed by atoms with E-state index in [2.05, 4.69) is 15.5 Å². The molecule has 5 nitrogen and oxygen atoms in total. The molecular formula is C19H21N3O2. The number of hydrogen-bond acceptors (Lipinski definition) is 3. The Bertz CT molecular complexity index is 812. The number of rotatable bonds is 6. The number of aromatic nitrogens is 2. The Morgan fingerprint density at radius 2 is 2.00 bits per heavy atom. The van der Waals surface area contributed by atoms with Crippen LogP contribution in [0.25, 0.3) is 10.9 Å². The third-order valence-corrected chi connectivity index (χ3v) is 4.13. The number of nitrogens with zero attached hydrogens (tertiary/aromatic N) is 1. The fourth-order valence-electron chi connectivity index (χ4n) is 2.94. The quantitative estimate of drug-likeness (QED) is 0.653. The zero-order valence-corrected chi connectivity index (χ0v) is 13.6. The Labute approximate surface area is 140 Å². The number of carbonyl (C=O) groups is 1. The maximum Gasteiger partial charge on any atom is 0.253 e. The van der Waals surface area contributed by atoms with Crippen LogP contribution in [-0.2, 0) is 0 Å². The van der Waals surface area contributed by atoms with Crippen LogP contribution in [0.2, 0.25) is 0 Å². The van der Waals surface area contributed by atoms with E-state index in [1.165, 1.54) is 0 Å². The van der Waals surface area contributed by atoms with Gasteiger partial charge in [0.15, 0.2) is 0 Å². The van der Waals surface area contributed by atoms with Gasteiger partial charge in [0.05, 0.1) is 23.4 Å². The third-order valence-electron chi connectivity index (χ3n) is 4.13. The van der Waals surface area contributed by atoms with Gasteiger partial charge < -0.3 is 10.4 Å². The standard InChI is InChI=1S/C19H21N3O2/c1-13(23)10-16(14-6-3-2-4-7-14)11-20-19(24)17-9-5-8-15-12-21-22-18(15)17/h2-9,12-13,16,23H,10-11H2,1H3,(H,20,24)(H,21,22). The highest BCUT2D eigenvalue weighted by Crippen LogP contribution is 2.21. The lowest BCUT2D eigenvalue weighted by molar-refractivity contribution is 0.0947. The normalized spacial score (nSPS) is 13.6. The van der Waals surface area contributed by atoms with Gasteiger partial charge in [0.2, 0.25) is 0 Å². The molecule has 1 amide bonds. The van der Waals surface area contributed by atoms with Crippen LogP contribution < -0.4 is 5.32 Å². The Morgan fingerprint density at radius 3 is 2.75 bits per heavy atom. The molecule has 3 aromatic rings. The predicted molar refractivity (Wildman–Crippen MR) is 93.9 cm³/mol. The molecule has 24 heavy (non-hydrogen) atoms. The molecule has 0 radical (unpaired) electrons. The van der Waals surface area contributed by atoms with E-state index < -0.39 is 6.10 Å². The molecule has 0 spiro atoms. The number of para-hydroxylation sites is 1. The summed E-state index contributed by atoms with van der Waals surface area (Å²) in [4.78, 5) is 12.6. The largest absolute Gasteiger partial charge is 0.393 e. The molecule has 2 atom stereocenters. The number of carbonyl (C=O) groups excluding carboxylic acids is 1. The molecule has 1 heterocycles. The molecule has 124 valence electrons. The molecule has 5 heteroatoms. The van der Waals surface area contributed by atoms with Gasteiger partial charge in [0.25, 0.3) is 5.91 Å². The number of hydrogen-bond donors (Lipinski definition) is 3. The Morgan fingerprint density at radius 1 is 1.21 bits per heavy atom. The fraction of sp³-hybridized carbons (Fsp3) is 0.263. The van der Waals surface area contributed by atoms with Gasteiger partial charge in [-0.1, -0.05) is 42.5 Å². The number of aliphatic hydroxyl groups excluding tert-OH is 1. The van der Waals surface area contributed by atoms with E-state index in [0.29, 0.717) is 18.5 Å². The maximum absolute atomic E-state index is 12.6. The highest BCUT2D eigenvalue weighted by Gasteiger charge is 2.17. The van der Waals surface area contributed by atoms with Gasteiger partial charge in [-0.3, -0.25) is 9.89 Å². The summed E-state index contributed by atoms with van der Waals surface area (Å²) in [6.07, 6.45) is 1.87. The van der Waals surface area contributed by atoms with Crippen LogP contribution in [0.5, 0.6) is 0 Å². The van der Waals surface area contributed by atoms with Gasteiger partial charge in [-0.25, -0.2) is 0 Å². The summed E-state index contributed by atoms with van der Waals surface area (Å²) in [6, 6.07) is 15.5. The molecule has 1 aromatic heterocycles. The molecule has 0 bridgehead atoms. The lowest BCUT2D eigenvalue weighted by Crippen LogP contribution is -2.30. The Balaban J connectivity index is 1.74. The number of fused-ring (bicyclic) bond motifs is 1. The number of amides is 1. The predicted octanol–water partition coefficient (Wildman–Crippen LogP) is 2.85. The van der Waals surface area contributed by atoms with Crippen molar-refractivity contribution in [2.45, 2.75) is 25.4 Å². The first-order chi connectivity index (χ1) is 11.6. The van der Waals surface area contributed by atoms with Crippen LogP contribution in [0.4, 0.5) is 0 Å². The Kier molecular flexibility index (Phi) is 4.91. The number of nitrogens with one attached hydrogen (secondary N) is 2. The van der Waals surface area contributed by atoms with Gasteiger partial charge >= 0.3 is 0 Å². The fourth-order valence-corrected chi connectivity index (χ4v) is 2.94. The summed E-state index contributed by atoms with van der Waals surface area (Å²) < 4.78 is 0. The first-order valence-electron chi connectivity index (χ1n) is 8.08. The summed E-state index contributed by atoms with van der Waals surface area (Å²) in [6.45, 7) is 2.24. The maximum atomic E-state index is 12.6. The first kappa shape index (κ1) is 16.2. The molecule has 3 N–H and O–H groups in total. The summed E-state index contributed by atoms with van der Waals surface area (Å²) in [5, 5.41) is 20.5. The third kappa shape index (κ3) is 3.63. The number of aromatic amines is 1. The topological polar surface area (TPSA) is 78.0 Å². The van der Waals surface area contributed by atoms with Crippen molar-refractivity contribution in [3.63, 3.8) is 0 Å². The van der Waals surface area contributed by atoms with E-state index in [4.69, 9.17) is 0 Å². The van der Waals surface area contributed by atoms with Crippen LogP contribution >= 0.6 is 0 Å². The molecule has 0 fully saturated rings. The minimum Gasteiger partial charge on any atom is -0.393 e. The van der Waals surface area contributed by atoms with Gasteiger partial charge in [0, 0.05) is 17.8 Å². The van der Waals surface area contributed by atoms with Gasteiger partial charge in [-0.05, 0) is 25.0 Å². The van der Waals surface area contributed by atoms with Crippen molar-refractivity contribution in [3.05, 3.63) is 65.9 Å². The van der Waals surface area contributed by atoms with Crippen LogP contribution in [0.1, 0.15) is 35.2 Å². The number of aliphatic hydroxyl groups is 1. The second-order valence-corrected chi connectivity index (χ2v) is 6.04. The zero-order valence-electron chi connectivity index (χ0n) is 13.6. The van der Waals surface area contributed by atoms with Crippen LogP contribution in [0.15, 0.2) is 54.7 Å². The van der Waals surface area contributed by atoms with Gasteiger partial charge in [-0.2, -0.15) is 5.10 Å². The van der Waals surface area contributed by atoms with Gasteiger partial charge in [0.1, 0.15) is 0 Å². The second-order valence-electron chi connectivity index (χ2n) is 6.04. The minimum atomic E-state index is -0.428. The highest BCUT2D eigenvalue weighted by atomic mass is 16.3. The smallest absolute Gasteiger partial charge is 0.253 e. The summed E-state index contributed by atoms with van der Waals surface area (Å²) in [5.41, 5.74) is 2.43. The van der Waals surface area contributed by atoms with Crippen LogP contribution in [-0.4, -0.2) is 33.9 Å². The Hall–Kier alpha value is -2.66. The minimum absolute atomic E-state index is 0.0659. The van der Waals surface area contributed by atoms with Crippen LogP contribution in [0.3, 0.4) is 0 Å². The summed E-state index contributed by atoms with van der Waals surface area (Å²) in [7, 11) is 0. The molecule has 3 rings (SSSR count). The lowest BCUT2D eigenvalue weighted by atomic mass is 9.93. The molecule has 0 aliphatic rings. The van der Waals surface area contributed by atoms with Crippen molar-refractivity contribution in [3.8, 4) is 0 Å². The summed E-state index contributed by atoms with van der Waals surface area (Å²) in [5.74, 6) is -0.0764. The monoisotopic (exact) mass is 323 g/mol. The second kappa shape index (κ2) is 7.27. The van der Waals surface area contributed by atoms with Crippen molar-refractivity contribution in [1.29, 1.82) is 0 Å². The van der Waals surface area contributed by atoms with Crippen LogP contribution in [0, 0.1) is 0 Å². The van der Waals surface area contributed by atoms with Crippen molar-refractivity contribution < 1.29 is 9.90 Å². The van der Waals surface area contributed by atoms with Crippen molar-refractivity contribution >= 4 is 16.8 Å². The SMILES string of the molecule is CC(O)CC(CNC(=O)c1cccc2cn[nH]c12)c1ccccc1. The van der Waals surface area contributed by atoms with Crippen molar-refractivity contribution in [2.75, 3.05) is 6.54 Å². The molecule has 0 saturated heterocycles. The number of H-pyrrole nitrogens is 1. The van der Waals surface area contributed by atoms with E-state index >= 15 is 0 Å². The molecular weight excluding hydrogens is 302 g/mol. The highest BCUT2D eigenvalue weighted by molar-refractivity contribution is 6.05. The van der Waals surface area contributed by atoms with Gasteiger partial charge in [-0.15, -0.1) is 0 Å². The molecule has 0 aliphatic carbocycles. The van der Waals surface area contributed by atoms with E-state index in [-0.39, 0.29) is 11.8 Å². The van der Waals surface area contributed by atoms with E-state index in [1.54, 1.807) is 19.2 Å².